The summed E-state index contributed by atoms with van der Waals surface area (Å²) in [5.41, 5.74) is 7.27. The highest BCUT2D eigenvalue weighted by molar-refractivity contribution is 5.52. The average Bonchev–Trinajstić information content (AvgIpc) is 2.14. The number of benzene rings is 1. The van der Waals surface area contributed by atoms with Crippen molar-refractivity contribution in [2.45, 2.75) is 45.6 Å². The summed E-state index contributed by atoms with van der Waals surface area (Å²) < 4.78 is 5.21. The van der Waals surface area contributed by atoms with E-state index in [4.69, 9.17) is 10.5 Å². The van der Waals surface area contributed by atoms with Crippen molar-refractivity contribution in [2.24, 2.45) is 5.73 Å². The first kappa shape index (κ1) is 13.8. The normalized spacial score (nSPS) is 12.6. The molecule has 0 fully saturated rings. The molecule has 3 N–H and O–H groups in total. The van der Waals surface area contributed by atoms with Crippen LogP contribution in [0.3, 0.4) is 0 Å². The third-order valence-electron chi connectivity index (χ3n) is 2.86. The van der Waals surface area contributed by atoms with E-state index in [1.807, 2.05) is 26.0 Å². The Hall–Kier alpha value is -1.22. The second-order valence-electron chi connectivity index (χ2n) is 6.05. The second-order valence-corrected chi connectivity index (χ2v) is 6.05. The molecule has 1 rings (SSSR count). The van der Waals surface area contributed by atoms with Crippen LogP contribution in [0.1, 0.15) is 45.7 Å². The minimum Gasteiger partial charge on any atom is -0.504 e. The zero-order valence-corrected chi connectivity index (χ0v) is 11.6. The summed E-state index contributed by atoms with van der Waals surface area (Å²) in [5.74, 6) is 0.610. The molecule has 0 radical (unpaired) electrons. The average molecular weight is 237 g/mol. The van der Waals surface area contributed by atoms with E-state index in [1.165, 1.54) is 0 Å². The Morgan fingerprint density at radius 2 is 1.65 bits per heavy atom. The fourth-order valence-corrected chi connectivity index (χ4v) is 1.69. The van der Waals surface area contributed by atoms with E-state index in [9.17, 15) is 5.11 Å². The predicted molar refractivity (Wildman–Crippen MR) is 70.6 cm³/mol. The van der Waals surface area contributed by atoms with Gasteiger partial charge in [-0.2, -0.15) is 0 Å². The number of hydrogen-bond acceptors (Lipinski definition) is 3. The van der Waals surface area contributed by atoms with Crippen LogP contribution < -0.4 is 10.5 Å². The molecule has 0 spiro atoms. The lowest BCUT2D eigenvalue weighted by molar-refractivity contribution is 0.360. The molecule has 17 heavy (non-hydrogen) atoms. The Morgan fingerprint density at radius 1 is 1.12 bits per heavy atom. The first-order valence-corrected chi connectivity index (χ1v) is 5.78. The quantitative estimate of drug-likeness (QED) is 0.831. The van der Waals surface area contributed by atoms with Crippen LogP contribution in [-0.2, 0) is 11.0 Å². The number of aromatic hydroxyl groups is 1. The number of phenolic OH excluding ortho intramolecular Hbond substituents is 1. The molecule has 3 heteroatoms. The number of ether oxygens (including phenoxy) is 1. The molecule has 96 valence electrons. The van der Waals surface area contributed by atoms with E-state index in [0.717, 1.165) is 5.56 Å². The molecule has 0 saturated carbocycles. The lowest BCUT2D eigenvalue weighted by Gasteiger charge is -2.26. The zero-order chi connectivity index (χ0) is 13.4. The number of nitrogens with two attached hydrogens (primary N) is 1. The van der Waals surface area contributed by atoms with Crippen LogP contribution in [0.25, 0.3) is 0 Å². The van der Waals surface area contributed by atoms with Gasteiger partial charge >= 0.3 is 0 Å². The third kappa shape index (κ3) is 2.91. The van der Waals surface area contributed by atoms with Crippen LogP contribution in [0.15, 0.2) is 12.1 Å². The number of hydrogen-bond donors (Lipinski definition) is 2. The van der Waals surface area contributed by atoms with Crippen LogP contribution in [0, 0.1) is 0 Å². The minimum atomic E-state index is -0.599. The van der Waals surface area contributed by atoms with Gasteiger partial charge in [0.25, 0.3) is 0 Å². The summed E-state index contributed by atoms with van der Waals surface area (Å²) in [6.45, 7) is 10.1. The molecule has 0 aliphatic heterocycles. The van der Waals surface area contributed by atoms with E-state index in [1.54, 1.807) is 7.11 Å². The van der Waals surface area contributed by atoms with Gasteiger partial charge in [0, 0.05) is 11.1 Å². The van der Waals surface area contributed by atoms with Crippen LogP contribution in [-0.4, -0.2) is 12.2 Å². The second kappa shape index (κ2) is 4.22. The molecule has 0 amide bonds. The van der Waals surface area contributed by atoms with Gasteiger partial charge in [-0.05, 0) is 37.0 Å². The van der Waals surface area contributed by atoms with E-state index in [0.29, 0.717) is 11.3 Å². The summed E-state index contributed by atoms with van der Waals surface area (Å²) >= 11 is 0. The molecule has 1 aromatic rings. The van der Waals surface area contributed by atoms with Crippen LogP contribution in [0.5, 0.6) is 11.5 Å². The van der Waals surface area contributed by atoms with Crippen molar-refractivity contribution in [2.75, 3.05) is 7.11 Å². The highest BCUT2D eigenvalue weighted by Crippen LogP contribution is 2.39. The first-order chi connectivity index (χ1) is 7.57. The zero-order valence-electron chi connectivity index (χ0n) is 11.6. The number of phenols is 1. The topological polar surface area (TPSA) is 55.5 Å². The standard InChI is InChI=1S/C14H23NO2/c1-13(2,3)9-7-10(14(4,5)15)12(16)11(8-9)17-6/h7-8,16H,15H2,1-6H3. The van der Waals surface area contributed by atoms with Crippen LogP contribution in [0.2, 0.25) is 0 Å². The van der Waals surface area contributed by atoms with Gasteiger partial charge in [0.15, 0.2) is 11.5 Å². The summed E-state index contributed by atoms with van der Waals surface area (Å²) in [6.07, 6.45) is 0. The van der Waals surface area contributed by atoms with E-state index >= 15 is 0 Å². The van der Waals surface area contributed by atoms with Crippen molar-refractivity contribution in [3.63, 3.8) is 0 Å². The molecular weight excluding hydrogens is 214 g/mol. The van der Waals surface area contributed by atoms with E-state index in [2.05, 4.69) is 20.8 Å². The van der Waals surface area contributed by atoms with Gasteiger partial charge in [-0.1, -0.05) is 20.8 Å². The van der Waals surface area contributed by atoms with Crippen molar-refractivity contribution < 1.29 is 9.84 Å². The van der Waals surface area contributed by atoms with Crippen molar-refractivity contribution >= 4 is 0 Å². The monoisotopic (exact) mass is 237 g/mol. The molecule has 3 nitrogen and oxygen atoms in total. The van der Waals surface area contributed by atoms with Gasteiger partial charge in [-0.25, -0.2) is 0 Å². The first-order valence-electron chi connectivity index (χ1n) is 5.78. The minimum absolute atomic E-state index is 0.0129. The SMILES string of the molecule is COc1cc(C(C)(C)C)cc(C(C)(C)N)c1O. The largest absolute Gasteiger partial charge is 0.504 e. The molecule has 1 aromatic carbocycles. The van der Waals surface area contributed by atoms with Gasteiger partial charge in [-0.15, -0.1) is 0 Å². The molecule has 0 aromatic heterocycles. The highest BCUT2D eigenvalue weighted by atomic mass is 16.5. The van der Waals surface area contributed by atoms with Gasteiger partial charge < -0.3 is 15.6 Å². The Labute approximate surface area is 104 Å². The Morgan fingerprint density at radius 3 is 2.00 bits per heavy atom. The van der Waals surface area contributed by atoms with Crippen LogP contribution >= 0.6 is 0 Å². The van der Waals surface area contributed by atoms with Gasteiger partial charge in [0.05, 0.1) is 7.11 Å². The third-order valence-corrected chi connectivity index (χ3v) is 2.86. The Kier molecular flexibility index (Phi) is 3.44. The summed E-state index contributed by atoms with van der Waals surface area (Å²) in [7, 11) is 1.55. The maximum Gasteiger partial charge on any atom is 0.162 e. The summed E-state index contributed by atoms with van der Waals surface area (Å²) in [5, 5.41) is 10.1. The fourth-order valence-electron chi connectivity index (χ4n) is 1.69. The molecule has 0 atom stereocenters. The van der Waals surface area contributed by atoms with Crippen LogP contribution in [0.4, 0.5) is 0 Å². The highest BCUT2D eigenvalue weighted by Gasteiger charge is 2.25. The molecule has 0 bridgehead atoms. The Bertz CT molecular complexity index is 411. The molecule has 0 heterocycles. The molecule has 0 aliphatic carbocycles. The lowest BCUT2D eigenvalue weighted by atomic mass is 9.83. The molecule has 0 aliphatic rings. The summed E-state index contributed by atoms with van der Waals surface area (Å²) in [4.78, 5) is 0. The van der Waals surface area contributed by atoms with Crippen molar-refractivity contribution in [1.29, 1.82) is 0 Å². The van der Waals surface area contributed by atoms with Crippen molar-refractivity contribution in [1.82, 2.24) is 0 Å². The summed E-state index contributed by atoms with van der Waals surface area (Å²) in [6, 6.07) is 3.82. The number of rotatable bonds is 2. The van der Waals surface area contributed by atoms with Gasteiger partial charge in [-0.3, -0.25) is 0 Å². The van der Waals surface area contributed by atoms with Crippen molar-refractivity contribution in [3.8, 4) is 11.5 Å². The number of methoxy groups -OCH3 is 1. The van der Waals surface area contributed by atoms with E-state index < -0.39 is 5.54 Å². The maximum atomic E-state index is 10.1. The lowest BCUT2D eigenvalue weighted by Crippen LogP contribution is -2.29. The van der Waals surface area contributed by atoms with Gasteiger partial charge in [0.2, 0.25) is 0 Å². The predicted octanol–water partition coefficient (Wildman–Crippen LogP) is 2.89. The smallest absolute Gasteiger partial charge is 0.162 e. The Balaban J connectivity index is 3.50. The molecule has 0 saturated heterocycles. The van der Waals surface area contributed by atoms with E-state index in [-0.39, 0.29) is 11.2 Å². The van der Waals surface area contributed by atoms with Crippen molar-refractivity contribution in [3.05, 3.63) is 23.3 Å². The maximum absolute atomic E-state index is 10.1. The fraction of sp³-hybridized carbons (Fsp3) is 0.571. The molecule has 0 unspecified atom stereocenters. The van der Waals surface area contributed by atoms with Gasteiger partial charge in [0.1, 0.15) is 0 Å². The molecular formula is C14H23NO2.